The molecule has 3 unspecified atom stereocenters. The smallest absolute Gasteiger partial charge is 0.352 e. The molecule has 0 rings (SSSR count). The lowest BCUT2D eigenvalue weighted by molar-refractivity contribution is 0.147. The van der Waals surface area contributed by atoms with Crippen LogP contribution in [0.1, 0.15) is 72.1 Å². The predicted molar refractivity (Wildman–Crippen MR) is 109 cm³/mol. The summed E-state index contributed by atoms with van der Waals surface area (Å²) in [6.45, 7) is 19.3. The van der Waals surface area contributed by atoms with Gasteiger partial charge in [-0.25, -0.2) is 0 Å². The van der Waals surface area contributed by atoms with Crippen molar-refractivity contribution in [3.05, 3.63) is 24.6 Å². The quantitative estimate of drug-likeness (QED) is 0.239. The van der Waals surface area contributed by atoms with Crippen LogP contribution in [0.5, 0.6) is 0 Å². The first-order chi connectivity index (χ1) is 11.3. The van der Waals surface area contributed by atoms with Crippen LogP contribution in [0.15, 0.2) is 24.6 Å². The van der Waals surface area contributed by atoms with Gasteiger partial charge in [0.2, 0.25) is 0 Å². The molecule has 0 aliphatic carbocycles. The second-order valence-electron chi connectivity index (χ2n) is 6.88. The van der Waals surface area contributed by atoms with Crippen molar-refractivity contribution in [2.45, 2.75) is 91.3 Å². The van der Waals surface area contributed by atoms with E-state index in [1.165, 1.54) is 38.5 Å². The van der Waals surface area contributed by atoms with Crippen LogP contribution in [0, 0.1) is 0 Å². The zero-order chi connectivity index (χ0) is 18.5. The Hall–Kier alpha value is -0.206. The van der Waals surface area contributed by atoms with E-state index >= 15 is 0 Å². The molecule has 0 spiro atoms. The Bertz CT molecular complexity index is 352. The molecule has 3 nitrogen and oxygen atoms in total. The second kappa shape index (κ2) is 13.1. The van der Waals surface area contributed by atoms with E-state index in [1.807, 2.05) is 11.4 Å². The van der Waals surface area contributed by atoms with E-state index in [1.54, 1.807) is 0 Å². The molecular weight excluding hydrogens is 332 g/mol. The summed E-state index contributed by atoms with van der Waals surface area (Å²) in [6.07, 6.45) is 9.72. The fourth-order valence-electron chi connectivity index (χ4n) is 2.59. The zero-order valence-electron chi connectivity index (χ0n) is 16.7. The summed E-state index contributed by atoms with van der Waals surface area (Å²) in [7, 11) is -4.86. The van der Waals surface area contributed by atoms with Crippen molar-refractivity contribution in [2.24, 2.45) is 0 Å². The maximum absolute atomic E-state index is 6.40. The lowest BCUT2D eigenvalue weighted by Crippen LogP contribution is -2.51. The van der Waals surface area contributed by atoms with Crippen LogP contribution >= 0.6 is 0 Å². The highest BCUT2D eigenvalue weighted by Crippen LogP contribution is 2.22. The lowest BCUT2D eigenvalue weighted by atomic mass is 10.1. The fourth-order valence-corrected chi connectivity index (χ4v) is 8.58. The molecule has 24 heavy (non-hydrogen) atoms. The molecular formula is C19H40O3Si2. The largest absolute Gasteiger partial charge is 0.409 e. The molecule has 0 saturated carbocycles. The van der Waals surface area contributed by atoms with Crippen molar-refractivity contribution in [1.29, 1.82) is 0 Å². The van der Waals surface area contributed by atoms with Gasteiger partial charge in [-0.05, 0) is 32.9 Å². The highest BCUT2D eigenvalue weighted by atomic mass is 28.5. The van der Waals surface area contributed by atoms with Crippen LogP contribution in [0.25, 0.3) is 0 Å². The van der Waals surface area contributed by atoms with Gasteiger partial charge in [0, 0.05) is 12.7 Å². The van der Waals surface area contributed by atoms with Crippen molar-refractivity contribution in [3.8, 4) is 0 Å². The van der Waals surface area contributed by atoms with E-state index in [0.29, 0.717) is 0 Å². The molecule has 142 valence electrons. The van der Waals surface area contributed by atoms with Crippen LogP contribution < -0.4 is 0 Å². The first-order valence-electron chi connectivity index (χ1n) is 9.63. The van der Waals surface area contributed by atoms with E-state index in [2.05, 4.69) is 47.0 Å². The molecule has 0 heterocycles. The Kier molecular flexibility index (Phi) is 12.9. The van der Waals surface area contributed by atoms with Crippen molar-refractivity contribution >= 4 is 17.1 Å². The van der Waals surface area contributed by atoms with Gasteiger partial charge in [-0.3, -0.25) is 0 Å². The van der Waals surface area contributed by atoms with Gasteiger partial charge in [-0.15, -0.1) is 13.2 Å². The minimum Gasteiger partial charge on any atom is -0.409 e. The summed E-state index contributed by atoms with van der Waals surface area (Å²) >= 11 is 0. The van der Waals surface area contributed by atoms with Gasteiger partial charge in [0.1, 0.15) is 0 Å². The Morgan fingerprint density at radius 1 is 0.875 bits per heavy atom. The first kappa shape index (κ1) is 23.8. The molecule has 3 atom stereocenters. The Balaban J connectivity index is 4.53. The normalized spacial score (nSPS) is 17.7. The standard InChI is InChI=1S/C19H40O3Si2/c1-8-12-14-16-18-20-23(6,10-3)22-24(7,11-4)21-19(5)17-15-13-9-2/h10-11,19H,3-4,8-9,12-18H2,1-2,5-7H3. The van der Waals surface area contributed by atoms with E-state index in [0.717, 1.165) is 19.4 Å². The summed E-state index contributed by atoms with van der Waals surface area (Å²) < 4.78 is 18.8. The molecule has 5 heteroatoms. The maximum atomic E-state index is 6.40. The summed E-state index contributed by atoms with van der Waals surface area (Å²) in [5, 5.41) is 0. The predicted octanol–water partition coefficient (Wildman–Crippen LogP) is 6.18. The summed E-state index contributed by atoms with van der Waals surface area (Å²) in [5.74, 6) is 0. The molecule has 0 bridgehead atoms. The molecule has 0 fully saturated rings. The number of hydrogen-bond acceptors (Lipinski definition) is 3. The minimum absolute atomic E-state index is 0.193. The fraction of sp³-hybridized carbons (Fsp3) is 0.789. The van der Waals surface area contributed by atoms with E-state index in [9.17, 15) is 0 Å². The van der Waals surface area contributed by atoms with E-state index < -0.39 is 17.1 Å². The monoisotopic (exact) mass is 372 g/mol. The van der Waals surface area contributed by atoms with E-state index in [-0.39, 0.29) is 6.10 Å². The highest BCUT2D eigenvalue weighted by molar-refractivity contribution is 6.84. The molecule has 0 aliphatic rings. The average molecular weight is 373 g/mol. The lowest BCUT2D eigenvalue weighted by Gasteiger charge is -2.35. The van der Waals surface area contributed by atoms with Gasteiger partial charge in [-0.1, -0.05) is 63.8 Å². The molecule has 0 aromatic heterocycles. The van der Waals surface area contributed by atoms with Crippen LogP contribution in [0.4, 0.5) is 0 Å². The van der Waals surface area contributed by atoms with Gasteiger partial charge in [-0.2, -0.15) is 0 Å². The van der Waals surface area contributed by atoms with Crippen LogP contribution in [-0.2, 0) is 13.0 Å². The van der Waals surface area contributed by atoms with Crippen molar-refractivity contribution in [2.75, 3.05) is 6.61 Å². The average Bonchev–Trinajstić information content (AvgIpc) is 2.54. The van der Waals surface area contributed by atoms with Crippen LogP contribution in [0.2, 0.25) is 13.1 Å². The molecule has 0 radical (unpaired) electrons. The second-order valence-corrected chi connectivity index (χ2v) is 13.1. The van der Waals surface area contributed by atoms with Gasteiger partial charge in [0.15, 0.2) is 0 Å². The number of unbranched alkanes of at least 4 members (excludes halogenated alkanes) is 5. The third kappa shape index (κ3) is 10.6. The minimum atomic E-state index is -2.45. The third-order valence-corrected chi connectivity index (χ3v) is 10.6. The van der Waals surface area contributed by atoms with Gasteiger partial charge < -0.3 is 13.0 Å². The van der Waals surface area contributed by atoms with Gasteiger partial charge in [0.25, 0.3) is 0 Å². The third-order valence-electron chi connectivity index (χ3n) is 4.18. The zero-order valence-corrected chi connectivity index (χ0v) is 18.7. The summed E-state index contributed by atoms with van der Waals surface area (Å²) in [5.41, 5.74) is 3.74. The molecule has 0 aliphatic heterocycles. The van der Waals surface area contributed by atoms with Crippen molar-refractivity contribution in [3.63, 3.8) is 0 Å². The maximum Gasteiger partial charge on any atom is 0.352 e. The van der Waals surface area contributed by atoms with Crippen molar-refractivity contribution in [1.82, 2.24) is 0 Å². The van der Waals surface area contributed by atoms with Gasteiger partial charge in [0.05, 0.1) is 0 Å². The molecule has 0 aromatic rings. The summed E-state index contributed by atoms with van der Waals surface area (Å²) in [6, 6.07) is 0. The molecule has 0 N–H and O–H groups in total. The molecule has 0 aromatic carbocycles. The van der Waals surface area contributed by atoms with E-state index in [4.69, 9.17) is 13.0 Å². The first-order valence-corrected chi connectivity index (χ1v) is 14.4. The van der Waals surface area contributed by atoms with Gasteiger partial charge >= 0.3 is 17.1 Å². The Labute approximate surface area is 153 Å². The molecule has 0 amide bonds. The van der Waals surface area contributed by atoms with Crippen LogP contribution in [0.3, 0.4) is 0 Å². The summed E-state index contributed by atoms with van der Waals surface area (Å²) in [4.78, 5) is 0. The molecule has 0 saturated heterocycles. The van der Waals surface area contributed by atoms with Crippen molar-refractivity contribution < 1.29 is 13.0 Å². The topological polar surface area (TPSA) is 27.7 Å². The number of hydrogen-bond donors (Lipinski definition) is 0. The van der Waals surface area contributed by atoms with Crippen LogP contribution in [-0.4, -0.2) is 29.8 Å². The highest BCUT2D eigenvalue weighted by Gasteiger charge is 2.40. The Morgan fingerprint density at radius 3 is 2.00 bits per heavy atom. The Morgan fingerprint density at radius 2 is 1.46 bits per heavy atom. The SMILES string of the molecule is C=C[Si](C)(OCCCCCC)O[Si](C)(C=C)OC(C)CCCCC. The number of rotatable bonds is 16.